The van der Waals surface area contributed by atoms with Crippen LogP contribution < -0.4 is 10.1 Å². The first-order valence-electron chi connectivity index (χ1n) is 5.81. The lowest BCUT2D eigenvalue weighted by atomic mass is 10.3. The molecule has 0 aromatic carbocycles. The summed E-state index contributed by atoms with van der Waals surface area (Å²) in [6, 6.07) is 0. The summed E-state index contributed by atoms with van der Waals surface area (Å²) in [6.07, 6.45) is 1.50. The molecule has 0 spiro atoms. The fraction of sp³-hybridized carbons (Fsp3) is 0.500. The van der Waals surface area contributed by atoms with Gasteiger partial charge in [-0.05, 0) is 4.92 Å². The van der Waals surface area contributed by atoms with Crippen LogP contribution in [0.1, 0.15) is 0 Å². The molecule has 1 unspecified atom stereocenters. The molecule has 2 aromatic rings. The number of thiazole rings is 1. The zero-order valence-electron chi connectivity index (χ0n) is 9.94. The van der Waals surface area contributed by atoms with Gasteiger partial charge in [-0.15, -0.1) is 0 Å². The van der Waals surface area contributed by atoms with Crippen LogP contribution in [-0.2, 0) is 4.74 Å². The minimum absolute atomic E-state index is 0.0472. The smallest absolute Gasteiger partial charge is 0.393 e. The van der Waals surface area contributed by atoms with E-state index in [1.807, 2.05) is 0 Å². The largest absolute Gasteiger partial charge is 0.469 e. The number of hydrogen-bond donors (Lipinski definition) is 1. The molecule has 1 N–H and O–H groups in total. The van der Waals surface area contributed by atoms with Crippen molar-refractivity contribution < 1.29 is 14.4 Å². The van der Waals surface area contributed by atoms with E-state index in [0.717, 1.165) is 6.54 Å². The monoisotopic (exact) mass is 284 g/mol. The maximum Gasteiger partial charge on any atom is 0.393 e. The molecule has 9 heteroatoms. The van der Waals surface area contributed by atoms with Crippen LogP contribution in [0.25, 0.3) is 4.96 Å². The van der Waals surface area contributed by atoms with E-state index in [0.29, 0.717) is 18.1 Å². The van der Waals surface area contributed by atoms with E-state index < -0.39 is 4.92 Å². The van der Waals surface area contributed by atoms with Crippen LogP contribution in [-0.4, -0.2) is 46.7 Å². The van der Waals surface area contributed by atoms with Gasteiger partial charge in [-0.2, -0.15) is 9.38 Å². The van der Waals surface area contributed by atoms with Crippen LogP contribution in [0.15, 0.2) is 11.6 Å². The molecule has 3 rings (SSSR count). The Morgan fingerprint density at radius 3 is 3.37 bits per heavy atom. The van der Waals surface area contributed by atoms with Gasteiger partial charge >= 0.3 is 11.7 Å². The first kappa shape index (κ1) is 12.3. The van der Waals surface area contributed by atoms with Crippen molar-refractivity contribution in [2.75, 3.05) is 26.3 Å². The highest BCUT2D eigenvalue weighted by atomic mass is 32.1. The molecule has 1 aliphatic heterocycles. The summed E-state index contributed by atoms with van der Waals surface area (Å²) >= 11 is 1.32. The summed E-state index contributed by atoms with van der Waals surface area (Å²) in [5, 5.41) is 16.0. The van der Waals surface area contributed by atoms with Gasteiger partial charge in [-0.3, -0.25) is 0 Å². The lowest BCUT2D eigenvalue weighted by Gasteiger charge is -2.22. The average molecular weight is 284 g/mol. The fourth-order valence-electron chi connectivity index (χ4n) is 1.92. The molecule has 1 aliphatic rings. The van der Waals surface area contributed by atoms with Crippen LogP contribution >= 0.6 is 11.3 Å². The Labute approximate surface area is 112 Å². The number of imidazole rings is 1. The molecule has 0 aliphatic carbocycles. The number of rotatable bonds is 4. The Morgan fingerprint density at radius 1 is 1.74 bits per heavy atom. The second-order valence-corrected chi connectivity index (χ2v) is 4.93. The van der Waals surface area contributed by atoms with E-state index in [-0.39, 0.29) is 24.4 Å². The van der Waals surface area contributed by atoms with E-state index in [9.17, 15) is 10.1 Å². The molecule has 3 heterocycles. The second kappa shape index (κ2) is 5.11. The zero-order valence-corrected chi connectivity index (χ0v) is 10.8. The molecule has 2 aromatic heterocycles. The fourth-order valence-corrected chi connectivity index (χ4v) is 2.62. The maximum atomic E-state index is 11.1. The standard InChI is InChI=1S/C10H12N4O4S/c15-14(16)9-8(12-10-13(9)2-4-19-10)18-6-7-5-11-1-3-17-7/h2,4,7,11H,1,3,5-6H2. The van der Waals surface area contributed by atoms with Gasteiger partial charge in [0, 0.05) is 18.5 Å². The van der Waals surface area contributed by atoms with Crippen LogP contribution in [0.4, 0.5) is 5.82 Å². The quantitative estimate of drug-likeness (QED) is 0.655. The van der Waals surface area contributed by atoms with E-state index in [1.165, 1.54) is 15.7 Å². The van der Waals surface area contributed by atoms with Crippen LogP contribution in [0.2, 0.25) is 0 Å². The summed E-state index contributed by atoms with van der Waals surface area (Å²) in [6.45, 7) is 2.36. The number of nitrogens with one attached hydrogen (secondary N) is 1. The van der Waals surface area contributed by atoms with E-state index in [2.05, 4.69) is 10.3 Å². The highest BCUT2D eigenvalue weighted by Gasteiger charge is 2.26. The van der Waals surface area contributed by atoms with E-state index in [1.54, 1.807) is 11.6 Å². The number of nitro groups is 1. The van der Waals surface area contributed by atoms with Crippen LogP contribution in [0.5, 0.6) is 5.88 Å². The Morgan fingerprint density at radius 2 is 2.63 bits per heavy atom. The molecule has 0 saturated carbocycles. The molecule has 8 nitrogen and oxygen atoms in total. The third kappa shape index (κ3) is 2.39. The van der Waals surface area contributed by atoms with Crippen molar-refractivity contribution in [1.82, 2.24) is 14.7 Å². The first-order valence-corrected chi connectivity index (χ1v) is 6.68. The predicted molar refractivity (Wildman–Crippen MR) is 67.8 cm³/mol. The molecule has 1 saturated heterocycles. The topological polar surface area (TPSA) is 90.9 Å². The van der Waals surface area contributed by atoms with Gasteiger partial charge in [-0.1, -0.05) is 11.3 Å². The van der Waals surface area contributed by atoms with Crippen molar-refractivity contribution in [2.45, 2.75) is 6.10 Å². The molecule has 0 radical (unpaired) electrons. The molecule has 19 heavy (non-hydrogen) atoms. The van der Waals surface area contributed by atoms with Crippen molar-refractivity contribution in [2.24, 2.45) is 0 Å². The Bertz CT molecular complexity index is 589. The third-order valence-electron chi connectivity index (χ3n) is 2.79. The Hall–Kier alpha value is -1.71. The number of nitrogens with zero attached hydrogens (tertiary/aromatic N) is 3. The molecule has 0 amide bonds. The minimum Gasteiger partial charge on any atom is -0.469 e. The van der Waals surface area contributed by atoms with Gasteiger partial charge in [0.25, 0.3) is 4.96 Å². The van der Waals surface area contributed by atoms with Crippen molar-refractivity contribution in [3.05, 3.63) is 21.7 Å². The normalized spacial score (nSPS) is 19.7. The van der Waals surface area contributed by atoms with Gasteiger partial charge in [0.1, 0.15) is 18.9 Å². The summed E-state index contributed by atoms with van der Waals surface area (Å²) < 4.78 is 12.3. The lowest BCUT2D eigenvalue weighted by Crippen LogP contribution is -2.41. The second-order valence-electron chi connectivity index (χ2n) is 4.06. The van der Waals surface area contributed by atoms with Crippen LogP contribution in [0, 0.1) is 10.1 Å². The molecule has 1 atom stereocenters. The number of fused-ring (bicyclic) bond motifs is 1. The predicted octanol–water partition coefficient (Wildman–Crippen LogP) is 0.671. The number of hydrogen-bond acceptors (Lipinski definition) is 7. The van der Waals surface area contributed by atoms with E-state index in [4.69, 9.17) is 9.47 Å². The number of aromatic nitrogens is 2. The summed E-state index contributed by atoms with van der Waals surface area (Å²) in [5.74, 6) is -0.0916. The highest BCUT2D eigenvalue weighted by Crippen LogP contribution is 2.30. The first-order chi connectivity index (χ1) is 9.25. The molecule has 0 bridgehead atoms. The molecular formula is C10H12N4O4S. The molecular weight excluding hydrogens is 272 g/mol. The Balaban J connectivity index is 1.77. The SMILES string of the molecule is O=[N+]([O-])c1c(OCC2CNCCO2)nc2sccn12. The number of morpholine rings is 1. The molecule has 1 fully saturated rings. The molecule has 102 valence electrons. The highest BCUT2D eigenvalue weighted by molar-refractivity contribution is 7.15. The average Bonchev–Trinajstić information content (AvgIpc) is 2.96. The third-order valence-corrected chi connectivity index (χ3v) is 3.55. The maximum absolute atomic E-state index is 11.1. The van der Waals surface area contributed by atoms with Gasteiger partial charge in [-0.25, -0.2) is 0 Å². The lowest BCUT2D eigenvalue weighted by molar-refractivity contribution is -0.391. The minimum atomic E-state index is -0.484. The van der Waals surface area contributed by atoms with Crippen molar-refractivity contribution in [3.63, 3.8) is 0 Å². The van der Waals surface area contributed by atoms with Gasteiger partial charge in [0.05, 0.1) is 6.61 Å². The van der Waals surface area contributed by atoms with Crippen molar-refractivity contribution >= 4 is 22.1 Å². The Kier molecular flexibility index (Phi) is 3.32. The zero-order chi connectivity index (χ0) is 13.2. The van der Waals surface area contributed by atoms with Crippen molar-refractivity contribution in [3.8, 4) is 5.88 Å². The summed E-state index contributed by atoms with van der Waals surface area (Å²) in [4.78, 5) is 15.3. The van der Waals surface area contributed by atoms with Gasteiger partial charge in [0.2, 0.25) is 0 Å². The van der Waals surface area contributed by atoms with E-state index >= 15 is 0 Å². The van der Waals surface area contributed by atoms with Crippen LogP contribution in [0.3, 0.4) is 0 Å². The summed E-state index contributed by atoms with van der Waals surface area (Å²) in [5.41, 5.74) is 0. The van der Waals surface area contributed by atoms with Crippen molar-refractivity contribution in [1.29, 1.82) is 0 Å². The van der Waals surface area contributed by atoms with Gasteiger partial charge < -0.3 is 24.9 Å². The summed E-state index contributed by atoms with van der Waals surface area (Å²) in [7, 11) is 0. The number of ether oxygens (including phenoxy) is 2. The van der Waals surface area contributed by atoms with Gasteiger partial charge in [0.15, 0.2) is 0 Å².